The Morgan fingerprint density at radius 1 is 1.21 bits per heavy atom. The maximum absolute atomic E-state index is 4.37. The van der Waals surface area contributed by atoms with Crippen molar-refractivity contribution >= 4 is 30.3 Å². The zero-order chi connectivity index (χ0) is 10.6. The van der Waals surface area contributed by atoms with E-state index in [0.29, 0.717) is 0 Å². The lowest BCUT2D eigenvalue weighted by molar-refractivity contribution is 1.38. The van der Waals surface area contributed by atoms with Crippen LogP contribution in [-0.2, 0) is 0 Å². The van der Waals surface area contributed by atoms with Crippen LogP contribution in [0.5, 0.6) is 0 Å². The van der Waals surface area contributed by atoms with Crippen LogP contribution in [0.1, 0.15) is 6.92 Å². The zero-order valence-electron chi connectivity index (χ0n) is 9.24. The molecule has 1 aromatic rings. The molecule has 0 aromatic heterocycles. The SMILES string of the molecule is C/C=N/c1ccccc1S[Si](C)(C)C. The first-order valence-corrected chi connectivity index (χ1v) is 9.84. The van der Waals surface area contributed by atoms with E-state index in [2.05, 4.69) is 42.8 Å². The van der Waals surface area contributed by atoms with Crippen molar-refractivity contribution in [2.45, 2.75) is 31.5 Å². The third kappa shape index (κ3) is 3.68. The maximum atomic E-state index is 4.37. The van der Waals surface area contributed by atoms with Gasteiger partial charge in [-0.3, -0.25) is 4.99 Å². The van der Waals surface area contributed by atoms with Gasteiger partial charge in [-0.05, 0) is 19.1 Å². The Morgan fingerprint density at radius 3 is 2.43 bits per heavy atom. The van der Waals surface area contributed by atoms with Crippen LogP contribution in [0.25, 0.3) is 0 Å². The van der Waals surface area contributed by atoms with Gasteiger partial charge in [0.2, 0.25) is 0 Å². The van der Waals surface area contributed by atoms with E-state index in [4.69, 9.17) is 0 Å². The molecule has 0 fully saturated rings. The van der Waals surface area contributed by atoms with E-state index in [-0.39, 0.29) is 0 Å². The van der Waals surface area contributed by atoms with Crippen LogP contribution in [0.4, 0.5) is 5.69 Å². The standard InChI is InChI=1S/C11H17NSSi/c1-5-12-10-8-6-7-9-11(10)13-14(2,3)4/h5-9H,1-4H3/b12-5+. The first-order valence-electron chi connectivity index (χ1n) is 4.79. The van der Waals surface area contributed by atoms with Gasteiger partial charge in [-0.25, -0.2) is 0 Å². The molecule has 0 aliphatic carbocycles. The van der Waals surface area contributed by atoms with Gasteiger partial charge in [-0.1, -0.05) is 31.8 Å². The van der Waals surface area contributed by atoms with Crippen LogP contribution in [0.3, 0.4) is 0 Å². The highest BCUT2D eigenvalue weighted by molar-refractivity contribution is 8.28. The Kier molecular flexibility index (Phi) is 3.95. The quantitative estimate of drug-likeness (QED) is 0.548. The van der Waals surface area contributed by atoms with Gasteiger partial charge in [-0.15, -0.1) is 11.2 Å². The molecular weight excluding hydrogens is 206 g/mol. The van der Waals surface area contributed by atoms with E-state index in [9.17, 15) is 0 Å². The fraction of sp³-hybridized carbons (Fsp3) is 0.364. The number of hydrogen-bond donors (Lipinski definition) is 0. The molecule has 0 saturated heterocycles. The molecule has 0 aliphatic rings. The normalized spacial score (nSPS) is 12.3. The van der Waals surface area contributed by atoms with Gasteiger partial charge < -0.3 is 0 Å². The third-order valence-electron chi connectivity index (χ3n) is 1.55. The van der Waals surface area contributed by atoms with Crippen LogP contribution in [0.2, 0.25) is 19.6 Å². The zero-order valence-corrected chi connectivity index (χ0v) is 11.1. The van der Waals surface area contributed by atoms with E-state index in [1.165, 1.54) is 4.90 Å². The molecule has 3 heteroatoms. The molecule has 76 valence electrons. The molecule has 0 radical (unpaired) electrons. The van der Waals surface area contributed by atoms with Crippen molar-refractivity contribution in [2.75, 3.05) is 0 Å². The largest absolute Gasteiger partial charge is 0.260 e. The second kappa shape index (κ2) is 4.80. The molecule has 0 unspecified atom stereocenters. The van der Waals surface area contributed by atoms with Crippen molar-refractivity contribution in [3.05, 3.63) is 24.3 Å². The summed E-state index contributed by atoms with van der Waals surface area (Å²) in [5.74, 6) is 0. The highest BCUT2D eigenvalue weighted by Crippen LogP contribution is 2.35. The van der Waals surface area contributed by atoms with Crippen molar-refractivity contribution in [2.24, 2.45) is 4.99 Å². The van der Waals surface area contributed by atoms with Gasteiger partial charge in [0.15, 0.2) is 0 Å². The maximum Gasteiger partial charge on any atom is 0.114 e. The van der Waals surface area contributed by atoms with Gasteiger partial charge in [-0.2, -0.15) is 0 Å². The first-order chi connectivity index (χ1) is 6.53. The number of hydrogen-bond acceptors (Lipinski definition) is 2. The van der Waals surface area contributed by atoms with Crippen LogP contribution < -0.4 is 0 Å². The summed E-state index contributed by atoms with van der Waals surface area (Å²) >= 11 is 1.99. The molecule has 0 atom stereocenters. The second-order valence-electron chi connectivity index (χ2n) is 4.07. The lowest BCUT2D eigenvalue weighted by Crippen LogP contribution is -2.13. The number of aliphatic imine (C=N–C) groups is 1. The lowest BCUT2D eigenvalue weighted by Gasteiger charge is -2.16. The van der Waals surface area contributed by atoms with E-state index in [1.54, 1.807) is 0 Å². The fourth-order valence-corrected chi connectivity index (χ4v) is 4.65. The molecule has 0 spiro atoms. The predicted molar refractivity (Wildman–Crippen MR) is 69.5 cm³/mol. The summed E-state index contributed by atoms with van der Waals surface area (Å²) < 4.78 is 0. The molecule has 14 heavy (non-hydrogen) atoms. The van der Waals surface area contributed by atoms with Crippen molar-refractivity contribution in [1.29, 1.82) is 0 Å². The van der Waals surface area contributed by atoms with Crippen LogP contribution in [-0.4, -0.2) is 13.4 Å². The summed E-state index contributed by atoms with van der Waals surface area (Å²) in [4.78, 5) is 5.68. The van der Waals surface area contributed by atoms with Crippen molar-refractivity contribution in [3.8, 4) is 0 Å². The van der Waals surface area contributed by atoms with Gasteiger partial charge in [0, 0.05) is 11.1 Å². The van der Waals surface area contributed by atoms with Gasteiger partial charge in [0.1, 0.15) is 7.22 Å². The highest BCUT2D eigenvalue weighted by Gasteiger charge is 2.16. The number of para-hydroxylation sites is 1. The molecule has 0 saturated carbocycles. The minimum absolute atomic E-state index is 1.10. The summed E-state index contributed by atoms with van der Waals surface area (Å²) in [5.41, 5.74) is 1.10. The lowest BCUT2D eigenvalue weighted by atomic mass is 10.3. The minimum Gasteiger partial charge on any atom is -0.260 e. The van der Waals surface area contributed by atoms with Gasteiger partial charge in [0.05, 0.1) is 5.69 Å². The molecule has 0 N–H and O–H groups in total. The topological polar surface area (TPSA) is 12.4 Å². The number of rotatable bonds is 3. The van der Waals surface area contributed by atoms with Gasteiger partial charge in [0.25, 0.3) is 0 Å². The Bertz CT molecular complexity index is 328. The number of benzene rings is 1. The molecule has 1 rings (SSSR count). The average Bonchev–Trinajstić information content (AvgIpc) is 2.06. The van der Waals surface area contributed by atoms with E-state index in [0.717, 1.165) is 5.69 Å². The monoisotopic (exact) mass is 223 g/mol. The summed E-state index contributed by atoms with van der Waals surface area (Å²) in [7, 11) is -1.12. The molecule has 0 heterocycles. The smallest absolute Gasteiger partial charge is 0.114 e. The third-order valence-corrected chi connectivity index (χ3v) is 5.22. The summed E-state index contributed by atoms with van der Waals surface area (Å²) in [6.07, 6.45) is 1.85. The van der Waals surface area contributed by atoms with E-state index >= 15 is 0 Å². The molecule has 0 amide bonds. The average molecular weight is 223 g/mol. The van der Waals surface area contributed by atoms with Crippen molar-refractivity contribution in [1.82, 2.24) is 0 Å². The second-order valence-corrected chi connectivity index (χ2v) is 13.2. The van der Waals surface area contributed by atoms with Crippen LogP contribution in [0.15, 0.2) is 34.2 Å². The van der Waals surface area contributed by atoms with E-state index < -0.39 is 7.22 Å². The summed E-state index contributed by atoms with van der Waals surface area (Å²) in [5, 5.41) is 0. The number of nitrogens with zero attached hydrogens (tertiary/aromatic N) is 1. The Labute approximate surface area is 91.3 Å². The Morgan fingerprint density at radius 2 is 1.86 bits per heavy atom. The molecular formula is C11H17NSSi. The first kappa shape index (κ1) is 11.5. The van der Waals surface area contributed by atoms with E-state index in [1.807, 2.05) is 30.4 Å². The predicted octanol–water partition coefficient (Wildman–Crippen LogP) is 4.34. The molecule has 1 nitrogen and oxygen atoms in total. The Hall–Kier alpha value is -0.543. The Balaban J connectivity index is 2.96. The van der Waals surface area contributed by atoms with Crippen LogP contribution >= 0.6 is 11.2 Å². The van der Waals surface area contributed by atoms with Crippen LogP contribution in [0, 0.1) is 0 Å². The molecule has 0 aliphatic heterocycles. The molecule has 1 aromatic carbocycles. The summed E-state index contributed by atoms with van der Waals surface area (Å²) in [6, 6.07) is 8.35. The molecule has 0 bridgehead atoms. The highest BCUT2D eigenvalue weighted by atomic mass is 32.4. The van der Waals surface area contributed by atoms with Crippen molar-refractivity contribution < 1.29 is 0 Å². The summed E-state index contributed by atoms with van der Waals surface area (Å²) in [6.45, 7) is 9.01. The van der Waals surface area contributed by atoms with Gasteiger partial charge >= 0.3 is 0 Å². The fourth-order valence-electron chi connectivity index (χ4n) is 1.12. The van der Waals surface area contributed by atoms with Crippen molar-refractivity contribution in [3.63, 3.8) is 0 Å². The minimum atomic E-state index is -1.12.